The highest BCUT2D eigenvalue weighted by Gasteiger charge is 2.30. The Bertz CT molecular complexity index is 652. The van der Waals surface area contributed by atoms with Gasteiger partial charge in [-0.2, -0.15) is 0 Å². The monoisotopic (exact) mass is 296 g/mol. The standard InChI is InChI=1S/C13H16N2O4S/c1-2-5-9(8-12(16)17)14-13-10-6-3-4-7-11(10)20(18,19)15-13/h3-4,6-7,9H,2,5,8H2,1H3,(H,14,15)(H,16,17). The van der Waals surface area contributed by atoms with Gasteiger partial charge in [-0.05, 0) is 18.6 Å². The first-order chi connectivity index (χ1) is 9.44. The van der Waals surface area contributed by atoms with Gasteiger partial charge < -0.3 is 5.11 Å². The van der Waals surface area contributed by atoms with E-state index in [1.165, 1.54) is 6.07 Å². The molecule has 0 saturated heterocycles. The number of aliphatic imine (C=N–C) groups is 1. The number of benzene rings is 1. The summed E-state index contributed by atoms with van der Waals surface area (Å²) in [7, 11) is -3.57. The highest BCUT2D eigenvalue weighted by atomic mass is 32.2. The number of carboxylic acids is 1. The Kier molecular flexibility index (Phi) is 4.08. The Labute approximate surface area is 117 Å². The van der Waals surface area contributed by atoms with Crippen LogP contribution in [0.2, 0.25) is 0 Å². The first kappa shape index (κ1) is 14.5. The predicted molar refractivity (Wildman–Crippen MR) is 74.2 cm³/mol. The molecule has 2 rings (SSSR count). The van der Waals surface area contributed by atoms with Gasteiger partial charge in [0.2, 0.25) is 0 Å². The van der Waals surface area contributed by atoms with Gasteiger partial charge in [-0.3, -0.25) is 14.5 Å². The summed E-state index contributed by atoms with van der Waals surface area (Å²) in [6.07, 6.45) is 1.27. The van der Waals surface area contributed by atoms with Crippen LogP contribution in [0.1, 0.15) is 31.7 Å². The summed E-state index contributed by atoms with van der Waals surface area (Å²) in [5, 5.41) is 8.87. The topological polar surface area (TPSA) is 95.8 Å². The van der Waals surface area contributed by atoms with Crippen molar-refractivity contribution in [2.45, 2.75) is 37.1 Å². The molecular weight excluding hydrogens is 280 g/mol. The van der Waals surface area contributed by atoms with E-state index in [1.807, 2.05) is 6.92 Å². The highest BCUT2D eigenvalue weighted by molar-refractivity contribution is 7.90. The number of rotatable bonds is 5. The number of sulfonamides is 1. The van der Waals surface area contributed by atoms with Crippen LogP contribution in [0.3, 0.4) is 0 Å². The molecule has 0 bridgehead atoms. The Morgan fingerprint density at radius 1 is 1.40 bits per heavy atom. The SMILES string of the molecule is CCCC(CC(=O)O)N=C1NS(=O)(=O)c2ccccc21. The fourth-order valence-corrected chi connectivity index (χ4v) is 3.40. The van der Waals surface area contributed by atoms with Crippen molar-refractivity contribution in [2.24, 2.45) is 4.99 Å². The number of fused-ring (bicyclic) bond motifs is 1. The second-order valence-corrected chi connectivity index (χ2v) is 6.27. The van der Waals surface area contributed by atoms with E-state index in [9.17, 15) is 13.2 Å². The molecule has 0 saturated carbocycles. The number of carboxylic acid groups (broad SMARTS) is 1. The van der Waals surface area contributed by atoms with E-state index in [4.69, 9.17) is 5.11 Å². The van der Waals surface area contributed by atoms with Crippen LogP contribution >= 0.6 is 0 Å². The normalized spacial score (nSPS) is 19.4. The quantitative estimate of drug-likeness (QED) is 0.857. The Balaban J connectivity index is 2.38. The van der Waals surface area contributed by atoms with E-state index in [2.05, 4.69) is 9.71 Å². The number of nitrogens with zero attached hydrogens (tertiary/aromatic N) is 1. The van der Waals surface area contributed by atoms with Gasteiger partial charge in [-0.25, -0.2) is 8.42 Å². The van der Waals surface area contributed by atoms with Gasteiger partial charge >= 0.3 is 5.97 Å². The van der Waals surface area contributed by atoms with Gasteiger partial charge in [0.1, 0.15) is 5.84 Å². The van der Waals surface area contributed by atoms with Crippen LogP contribution < -0.4 is 4.72 Å². The average Bonchev–Trinajstić information content (AvgIpc) is 2.61. The lowest BCUT2D eigenvalue weighted by molar-refractivity contribution is -0.137. The molecule has 0 radical (unpaired) electrons. The van der Waals surface area contributed by atoms with E-state index in [1.54, 1.807) is 18.2 Å². The third-order valence-electron chi connectivity index (χ3n) is 3.01. The fraction of sp³-hybridized carbons (Fsp3) is 0.385. The third kappa shape index (κ3) is 2.98. The van der Waals surface area contributed by atoms with Gasteiger partial charge in [0, 0.05) is 5.56 Å². The second kappa shape index (κ2) is 5.62. The lowest BCUT2D eigenvalue weighted by Gasteiger charge is -2.10. The molecular formula is C13H16N2O4S. The fourth-order valence-electron chi connectivity index (χ4n) is 2.16. The van der Waals surface area contributed by atoms with Gasteiger partial charge in [0.25, 0.3) is 10.0 Å². The molecule has 0 aliphatic carbocycles. The van der Waals surface area contributed by atoms with Gasteiger partial charge in [0.15, 0.2) is 0 Å². The minimum Gasteiger partial charge on any atom is -0.481 e. The van der Waals surface area contributed by atoms with E-state index < -0.39 is 22.0 Å². The van der Waals surface area contributed by atoms with Crippen LogP contribution in [0.5, 0.6) is 0 Å². The van der Waals surface area contributed by atoms with E-state index >= 15 is 0 Å². The van der Waals surface area contributed by atoms with Crippen LogP contribution in [0, 0.1) is 0 Å². The summed E-state index contributed by atoms with van der Waals surface area (Å²) in [5.41, 5.74) is 0.499. The summed E-state index contributed by atoms with van der Waals surface area (Å²) in [6, 6.07) is 6.10. The molecule has 2 N–H and O–H groups in total. The summed E-state index contributed by atoms with van der Waals surface area (Å²) in [5.74, 6) is -0.706. The summed E-state index contributed by atoms with van der Waals surface area (Å²) in [4.78, 5) is 15.3. The number of amidine groups is 1. The van der Waals surface area contributed by atoms with Gasteiger partial charge in [-0.1, -0.05) is 25.5 Å². The van der Waals surface area contributed by atoms with E-state index in [-0.39, 0.29) is 17.2 Å². The molecule has 1 unspecified atom stereocenters. The maximum atomic E-state index is 11.9. The minimum absolute atomic E-state index is 0.110. The zero-order chi connectivity index (χ0) is 14.8. The summed E-state index contributed by atoms with van der Waals surface area (Å²) >= 11 is 0. The van der Waals surface area contributed by atoms with Crippen molar-refractivity contribution < 1.29 is 18.3 Å². The van der Waals surface area contributed by atoms with Crippen LogP contribution in [0.25, 0.3) is 0 Å². The predicted octanol–water partition coefficient (Wildman–Crippen LogP) is 1.37. The van der Waals surface area contributed by atoms with Crippen molar-refractivity contribution in [3.63, 3.8) is 0 Å². The maximum Gasteiger partial charge on any atom is 0.305 e. The first-order valence-electron chi connectivity index (χ1n) is 6.36. The molecule has 0 aromatic heterocycles. The highest BCUT2D eigenvalue weighted by Crippen LogP contribution is 2.23. The molecule has 1 aromatic carbocycles. The lowest BCUT2D eigenvalue weighted by atomic mass is 10.1. The van der Waals surface area contributed by atoms with Crippen molar-refractivity contribution in [1.29, 1.82) is 0 Å². The number of aliphatic carboxylic acids is 1. The minimum atomic E-state index is -3.57. The van der Waals surface area contributed by atoms with Crippen molar-refractivity contribution in [3.05, 3.63) is 29.8 Å². The van der Waals surface area contributed by atoms with Crippen molar-refractivity contribution >= 4 is 21.8 Å². The van der Waals surface area contributed by atoms with Crippen molar-refractivity contribution in [3.8, 4) is 0 Å². The molecule has 6 nitrogen and oxygen atoms in total. The van der Waals surface area contributed by atoms with E-state index in [0.717, 1.165) is 6.42 Å². The molecule has 0 fully saturated rings. The zero-order valence-electron chi connectivity index (χ0n) is 11.0. The van der Waals surface area contributed by atoms with E-state index in [0.29, 0.717) is 12.0 Å². The zero-order valence-corrected chi connectivity index (χ0v) is 11.9. The smallest absolute Gasteiger partial charge is 0.305 e. The maximum absolute atomic E-state index is 11.9. The Morgan fingerprint density at radius 3 is 2.75 bits per heavy atom. The molecule has 108 valence electrons. The molecule has 1 heterocycles. The first-order valence-corrected chi connectivity index (χ1v) is 7.84. The van der Waals surface area contributed by atoms with Gasteiger partial charge in [0.05, 0.1) is 17.4 Å². The van der Waals surface area contributed by atoms with Crippen molar-refractivity contribution in [1.82, 2.24) is 4.72 Å². The summed E-state index contributed by atoms with van der Waals surface area (Å²) < 4.78 is 26.2. The molecule has 1 atom stereocenters. The molecule has 0 spiro atoms. The number of nitrogens with one attached hydrogen (secondary N) is 1. The lowest BCUT2D eigenvalue weighted by Crippen LogP contribution is -2.25. The van der Waals surface area contributed by atoms with Gasteiger partial charge in [-0.15, -0.1) is 0 Å². The summed E-state index contributed by atoms with van der Waals surface area (Å²) in [6.45, 7) is 1.93. The van der Waals surface area contributed by atoms with Crippen LogP contribution in [-0.2, 0) is 14.8 Å². The molecule has 1 aliphatic heterocycles. The molecule has 1 aromatic rings. The van der Waals surface area contributed by atoms with Crippen LogP contribution in [0.4, 0.5) is 0 Å². The van der Waals surface area contributed by atoms with Crippen molar-refractivity contribution in [2.75, 3.05) is 0 Å². The number of hydrogen-bond donors (Lipinski definition) is 2. The number of hydrogen-bond acceptors (Lipinski definition) is 4. The average molecular weight is 296 g/mol. The molecule has 0 amide bonds. The molecule has 7 heteroatoms. The largest absolute Gasteiger partial charge is 0.481 e. The van der Waals surface area contributed by atoms with Crippen LogP contribution in [0.15, 0.2) is 34.2 Å². The molecule has 20 heavy (non-hydrogen) atoms. The number of carbonyl (C=O) groups is 1. The van der Waals surface area contributed by atoms with Crippen LogP contribution in [-0.4, -0.2) is 31.4 Å². The Hall–Kier alpha value is -1.89. The second-order valence-electron chi connectivity index (χ2n) is 4.62. The Morgan fingerprint density at radius 2 is 2.10 bits per heavy atom. The third-order valence-corrected chi connectivity index (χ3v) is 4.40. The molecule has 1 aliphatic rings.